The van der Waals surface area contributed by atoms with Crippen LogP contribution in [0.25, 0.3) is 17.0 Å². The number of hydrogen-bond acceptors (Lipinski definition) is 5. The lowest BCUT2D eigenvalue weighted by atomic mass is 10.2. The Morgan fingerprint density at radius 2 is 1.95 bits per heavy atom. The van der Waals surface area contributed by atoms with Crippen molar-refractivity contribution < 1.29 is 4.42 Å². The van der Waals surface area contributed by atoms with E-state index in [2.05, 4.69) is 21.4 Å². The summed E-state index contributed by atoms with van der Waals surface area (Å²) in [4.78, 5) is 1.06. The smallest absolute Gasteiger partial charge is 0.281 e. The fraction of sp³-hybridized carbons (Fsp3) is 0.0625. The van der Waals surface area contributed by atoms with E-state index >= 15 is 0 Å². The van der Waals surface area contributed by atoms with Crippen LogP contribution in [0.3, 0.4) is 0 Å². The molecular formula is C16H12N4OS. The summed E-state index contributed by atoms with van der Waals surface area (Å²) in [6.45, 7) is 2.04. The molecule has 0 saturated heterocycles. The van der Waals surface area contributed by atoms with E-state index in [0.717, 1.165) is 21.5 Å². The van der Waals surface area contributed by atoms with Crippen molar-refractivity contribution in [2.75, 3.05) is 0 Å². The number of pyridine rings is 1. The minimum absolute atomic E-state index is 0.485. The zero-order chi connectivity index (χ0) is 14.9. The number of hydrogen-bond donors (Lipinski definition) is 0. The molecule has 4 aromatic rings. The molecule has 3 aromatic heterocycles. The molecule has 0 bridgehead atoms. The van der Waals surface area contributed by atoms with E-state index in [1.165, 1.54) is 11.8 Å². The maximum atomic E-state index is 5.77. The quantitative estimate of drug-likeness (QED) is 0.575. The molecule has 6 heteroatoms. The van der Waals surface area contributed by atoms with Gasteiger partial charge in [0.25, 0.3) is 11.1 Å². The third-order valence-corrected chi connectivity index (χ3v) is 4.11. The lowest BCUT2D eigenvalue weighted by Gasteiger charge is -1.96. The molecule has 0 radical (unpaired) electrons. The zero-order valence-corrected chi connectivity index (χ0v) is 12.6. The fourth-order valence-corrected chi connectivity index (χ4v) is 2.90. The molecule has 0 N–H and O–H groups in total. The highest BCUT2D eigenvalue weighted by Gasteiger charge is 2.14. The van der Waals surface area contributed by atoms with E-state index in [1.54, 1.807) is 10.7 Å². The summed E-state index contributed by atoms with van der Waals surface area (Å²) in [5, 5.41) is 13.1. The van der Waals surface area contributed by atoms with E-state index in [1.807, 2.05) is 49.5 Å². The highest BCUT2D eigenvalue weighted by molar-refractivity contribution is 7.99. The Bertz CT molecular complexity index is 930. The Balaban J connectivity index is 1.69. The van der Waals surface area contributed by atoms with Gasteiger partial charge in [0.1, 0.15) is 0 Å². The molecule has 0 spiro atoms. The molecule has 5 nitrogen and oxygen atoms in total. The summed E-state index contributed by atoms with van der Waals surface area (Å²) >= 11 is 1.45. The molecule has 3 heterocycles. The molecule has 0 unspecified atom stereocenters. The largest absolute Gasteiger partial charge is 0.411 e. The van der Waals surface area contributed by atoms with Gasteiger partial charge in [-0.05, 0) is 48.5 Å². The number of fused-ring (bicyclic) bond motifs is 1. The van der Waals surface area contributed by atoms with E-state index in [-0.39, 0.29) is 0 Å². The molecule has 0 fully saturated rings. The number of benzene rings is 1. The van der Waals surface area contributed by atoms with Gasteiger partial charge < -0.3 is 4.42 Å². The number of aromatic nitrogens is 4. The first kappa shape index (κ1) is 13.1. The second kappa shape index (κ2) is 5.31. The third kappa shape index (κ3) is 2.37. The summed E-state index contributed by atoms with van der Waals surface area (Å²) in [6.07, 6.45) is 3.67. The third-order valence-electron chi connectivity index (χ3n) is 3.26. The van der Waals surface area contributed by atoms with Crippen LogP contribution < -0.4 is 0 Å². The van der Waals surface area contributed by atoms with Crippen molar-refractivity contribution in [3.05, 3.63) is 60.4 Å². The van der Waals surface area contributed by atoms with Crippen molar-refractivity contribution in [2.24, 2.45) is 0 Å². The van der Waals surface area contributed by atoms with Crippen LogP contribution in [0.1, 0.15) is 5.56 Å². The Labute approximate surface area is 131 Å². The van der Waals surface area contributed by atoms with Crippen molar-refractivity contribution in [1.82, 2.24) is 19.8 Å². The van der Waals surface area contributed by atoms with Gasteiger partial charge in [-0.3, -0.25) is 0 Å². The van der Waals surface area contributed by atoms with E-state index < -0.39 is 0 Å². The van der Waals surface area contributed by atoms with Crippen molar-refractivity contribution in [2.45, 2.75) is 17.0 Å². The average Bonchev–Trinajstić information content (AvgIpc) is 3.14. The Morgan fingerprint density at radius 1 is 1.09 bits per heavy atom. The lowest BCUT2D eigenvalue weighted by molar-refractivity contribution is 0.466. The summed E-state index contributed by atoms with van der Waals surface area (Å²) in [5.41, 5.74) is 2.96. The average molecular weight is 308 g/mol. The topological polar surface area (TPSA) is 56.2 Å². The van der Waals surface area contributed by atoms with E-state index in [4.69, 9.17) is 4.42 Å². The molecule has 0 saturated carbocycles. The molecule has 1 aromatic carbocycles. The minimum Gasteiger partial charge on any atom is -0.411 e. The Hall–Kier alpha value is -2.60. The van der Waals surface area contributed by atoms with Crippen LogP contribution in [0.2, 0.25) is 0 Å². The first-order valence-electron chi connectivity index (χ1n) is 6.80. The standard InChI is InChI=1S/C16H12N4OS/c1-11-7-8-20-14(9-11)13(10-17-20)15-18-19-16(21-15)22-12-5-3-2-4-6-12/h2-10H,1H3. The van der Waals surface area contributed by atoms with Crippen LogP contribution in [-0.2, 0) is 0 Å². The monoisotopic (exact) mass is 308 g/mol. The molecule has 0 atom stereocenters. The van der Waals surface area contributed by atoms with Gasteiger partial charge in [-0.2, -0.15) is 5.10 Å². The zero-order valence-electron chi connectivity index (χ0n) is 11.8. The summed E-state index contributed by atoms with van der Waals surface area (Å²) < 4.78 is 7.57. The predicted molar refractivity (Wildman–Crippen MR) is 83.8 cm³/mol. The molecule has 0 aliphatic heterocycles. The van der Waals surface area contributed by atoms with Gasteiger partial charge in [-0.25, -0.2) is 4.52 Å². The van der Waals surface area contributed by atoms with Gasteiger partial charge in [0.2, 0.25) is 0 Å². The Kier molecular flexibility index (Phi) is 3.16. The summed E-state index contributed by atoms with van der Waals surface area (Å²) in [7, 11) is 0. The highest BCUT2D eigenvalue weighted by atomic mass is 32.2. The molecular weight excluding hydrogens is 296 g/mol. The van der Waals surface area contributed by atoms with E-state index in [0.29, 0.717) is 11.1 Å². The van der Waals surface area contributed by atoms with Crippen LogP contribution in [-0.4, -0.2) is 19.8 Å². The number of nitrogens with zero attached hydrogens (tertiary/aromatic N) is 4. The highest BCUT2D eigenvalue weighted by Crippen LogP contribution is 2.30. The predicted octanol–water partition coefficient (Wildman–Crippen LogP) is 3.84. The molecule has 0 aliphatic carbocycles. The fourth-order valence-electron chi connectivity index (χ4n) is 2.20. The van der Waals surface area contributed by atoms with Gasteiger partial charge in [0.05, 0.1) is 17.3 Å². The van der Waals surface area contributed by atoms with Crippen molar-refractivity contribution >= 4 is 17.3 Å². The normalized spacial score (nSPS) is 11.1. The van der Waals surface area contributed by atoms with Crippen LogP contribution in [0.4, 0.5) is 0 Å². The molecule has 22 heavy (non-hydrogen) atoms. The maximum Gasteiger partial charge on any atom is 0.281 e. The van der Waals surface area contributed by atoms with E-state index in [9.17, 15) is 0 Å². The molecule has 108 valence electrons. The summed E-state index contributed by atoms with van der Waals surface area (Å²) in [6, 6.07) is 14.0. The van der Waals surface area contributed by atoms with Crippen LogP contribution in [0, 0.1) is 6.92 Å². The molecule has 0 amide bonds. The maximum absolute atomic E-state index is 5.77. The van der Waals surface area contributed by atoms with Gasteiger partial charge in [-0.1, -0.05) is 18.2 Å². The number of aryl methyl sites for hydroxylation is 1. The van der Waals surface area contributed by atoms with Crippen LogP contribution in [0.15, 0.2) is 69.4 Å². The molecule has 4 rings (SSSR count). The van der Waals surface area contributed by atoms with Crippen LogP contribution in [0.5, 0.6) is 0 Å². The van der Waals surface area contributed by atoms with Crippen molar-refractivity contribution in [1.29, 1.82) is 0 Å². The van der Waals surface area contributed by atoms with Crippen molar-refractivity contribution in [3.63, 3.8) is 0 Å². The second-order valence-corrected chi connectivity index (χ2v) is 5.91. The Morgan fingerprint density at radius 3 is 2.82 bits per heavy atom. The minimum atomic E-state index is 0.485. The van der Waals surface area contributed by atoms with Gasteiger partial charge in [-0.15, -0.1) is 10.2 Å². The second-order valence-electron chi connectivity index (χ2n) is 4.88. The van der Waals surface area contributed by atoms with Gasteiger partial charge in [0.15, 0.2) is 0 Å². The van der Waals surface area contributed by atoms with Crippen molar-refractivity contribution in [3.8, 4) is 11.5 Å². The summed E-state index contributed by atoms with van der Waals surface area (Å²) in [5.74, 6) is 0.485. The lowest BCUT2D eigenvalue weighted by Crippen LogP contribution is -1.86. The molecule has 0 aliphatic rings. The first-order valence-corrected chi connectivity index (χ1v) is 7.62. The van der Waals surface area contributed by atoms with Gasteiger partial charge in [0, 0.05) is 11.1 Å². The SMILES string of the molecule is Cc1ccn2ncc(-c3nnc(Sc4ccccc4)o3)c2c1. The number of rotatable bonds is 3. The van der Waals surface area contributed by atoms with Crippen LogP contribution >= 0.6 is 11.8 Å². The first-order chi connectivity index (χ1) is 10.8. The van der Waals surface area contributed by atoms with Gasteiger partial charge >= 0.3 is 0 Å².